The second-order valence-electron chi connectivity index (χ2n) is 4.66. The maximum Gasteiger partial charge on any atom is 0.243 e. The van der Waals surface area contributed by atoms with E-state index in [0.29, 0.717) is 6.42 Å². The van der Waals surface area contributed by atoms with Crippen molar-refractivity contribution in [2.75, 3.05) is 0 Å². The highest BCUT2D eigenvalue weighted by atomic mass is 79.9. The van der Waals surface area contributed by atoms with Gasteiger partial charge in [0, 0.05) is 22.9 Å². The molecule has 7 heteroatoms. The van der Waals surface area contributed by atoms with E-state index in [1.165, 1.54) is 18.5 Å². The number of nitrogens with zero attached hydrogens (tertiary/aromatic N) is 1. The van der Waals surface area contributed by atoms with E-state index in [2.05, 4.69) is 25.6 Å². The number of nitrogens with one attached hydrogen (secondary N) is 1. The van der Waals surface area contributed by atoms with Crippen LogP contribution in [-0.4, -0.2) is 19.4 Å². The van der Waals surface area contributed by atoms with E-state index in [1.807, 2.05) is 31.2 Å². The van der Waals surface area contributed by atoms with Crippen molar-refractivity contribution in [3.8, 4) is 0 Å². The molecule has 0 spiro atoms. The lowest BCUT2D eigenvalue weighted by Gasteiger charge is -2.15. The zero-order valence-corrected chi connectivity index (χ0v) is 14.4. The van der Waals surface area contributed by atoms with E-state index < -0.39 is 10.0 Å². The van der Waals surface area contributed by atoms with E-state index >= 15 is 0 Å². The van der Waals surface area contributed by atoms with Crippen LogP contribution in [0.15, 0.2) is 52.1 Å². The molecule has 0 radical (unpaired) electrons. The van der Waals surface area contributed by atoms with Gasteiger partial charge in [-0.2, -0.15) is 0 Å². The van der Waals surface area contributed by atoms with E-state index in [1.54, 1.807) is 0 Å². The predicted octanol–water partition coefficient (Wildman–Crippen LogP) is 3.41. The van der Waals surface area contributed by atoms with Crippen LogP contribution in [0.25, 0.3) is 0 Å². The highest BCUT2D eigenvalue weighted by Crippen LogP contribution is 2.20. The predicted molar refractivity (Wildman–Crippen MR) is 86.9 cm³/mol. The lowest BCUT2D eigenvalue weighted by atomic mass is 10.1. The van der Waals surface area contributed by atoms with Gasteiger partial charge >= 0.3 is 0 Å². The number of halogens is 2. The quantitative estimate of drug-likeness (QED) is 0.852. The Morgan fingerprint density at radius 1 is 1.29 bits per heavy atom. The Morgan fingerprint density at radius 2 is 1.95 bits per heavy atom. The maximum absolute atomic E-state index is 12.3. The van der Waals surface area contributed by atoms with Crippen LogP contribution in [0, 0.1) is 0 Å². The van der Waals surface area contributed by atoms with Crippen LogP contribution in [0.5, 0.6) is 0 Å². The average Bonchev–Trinajstić information content (AvgIpc) is 2.41. The third-order valence-electron chi connectivity index (χ3n) is 2.84. The minimum Gasteiger partial charge on any atom is -0.263 e. The Balaban J connectivity index is 2.10. The molecule has 1 heterocycles. The Kier molecular flexibility index (Phi) is 5.37. The zero-order chi connectivity index (χ0) is 15.5. The Morgan fingerprint density at radius 3 is 2.57 bits per heavy atom. The fraction of sp³-hybridized carbons (Fsp3) is 0.214. The van der Waals surface area contributed by atoms with Crippen molar-refractivity contribution in [2.45, 2.75) is 24.3 Å². The molecule has 2 rings (SSSR count). The summed E-state index contributed by atoms with van der Waals surface area (Å²) in [6, 6.07) is 8.95. The van der Waals surface area contributed by atoms with Crippen LogP contribution in [0.2, 0.25) is 5.02 Å². The van der Waals surface area contributed by atoms with Crippen molar-refractivity contribution in [1.29, 1.82) is 0 Å². The lowest BCUT2D eigenvalue weighted by molar-refractivity contribution is 0.559. The van der Waals surface area contributed by atoms with Gasteiger partial charge in [-0.05, 0) is 37.1 Å². The molecule has 21 heavy (non-hydrogen) atoms. The monoisotopic (exact) mass is 388 g/mol. The van der Waals surface area contributed by atoms with Crippen LogP contribution in [-0.2, 0) is 16.4 Å². The van der Waals surface area contributed by atoms with Crippen LogP contribution < -0.4 is 4.72 Å². The first kappa shape index (κ1) is 16.4. The minimum atomic E-state index is -3.67. The van der Waals surface area contributed by atoms with Gasteiger partial charge in [0.05, 0.1) is 5.02 Å². The molecule has 2 aromatic rings. The molecule has 1 aromatic heterocycles. The molecule has 0 saturated heterocycles. The van der Waals surface area contributed by atoms with Crippen LogP contribution in [0.4, 0.5) is 0 Å². The van der Waals surface area contributed by atoms with Crippen LogP contribution >= 0.6 is 27.5 Å². The average molecular weight is 390 g/mol. The SMILES string of the molecule is CC(Cc1ccc(Br)cc1)NS(=O)(=O)c1cnccc1Cl. The first-order valence-corrected chi connectivity index (χ1v) is 8.90. The Hall–Kier alpha value is -0.950. The van der Waals surface area contributed by atoms with Crippen molar-refractivity contribution in [3.63, 3.8) is 0 Å². The van der Waals surface area contributed by atoms with Gasteiger partial charge in [-0.25, -0.2) is 13.1 Å². The first-order chi connectivity index (χ1) is 9.88. The molecule has 1 aromatic carbocycles. The molecule has 1 atom stereocenters. The summed E-state index contributed by atoms with van der Waals surface area (Å²) in [6.45, 7) is 1.81. The van der Waals surface area contributed by atoms with Gasteiger partial charge in [-0.15, -0.1) is 0 Å². The summed E-state index contributed by atoms with van der Waals surface area (Å²) < 4.78 is 28.1. The van der Waals surface area contributed by atoms with Gasteiger partial charge in [0.2, 0.25) is 10.0 Å². The van der Waals surface area contributed by atoms with E-state index in [9.17, 15) is 8.42 Å². The normalized spacial score (nSPS) is 13.1. The number of rotatable bonds is 5. The molecule has 1 N–H and O–H groups in total. The van der Waals surface area contributed by atoms with E-state index in [4.69, 9.17) is 11.6 Å². The molecule has 112 valence electrons. The summed E-state index contributed by atoms with van der Waals surface area (Å²) in [5.41, 5.74) is 1.05. The molecular formula is C14H14BrClN2O2S. The smallest absolute Gasteiger partial charge is 0.243 e. The standard InChI is InChI=1S/C14H14BrClN2O2S/c1-10(8-11-2-4-12(15)5-3-11)18-21(19,20)14-9-17-7-6-13(14)16/h2-7,9-10,18H,8H2,1H3. The molecule has 0 fully saturated rings. The molecule has 1 unspecified atom stereocenters. The van der Waals surface area contributed by atoms with Gasteiger partial charge < -0.3 is 0 Å². The molecule has 0 aliphatic heterocycles. The molecular weight excluding hydrogens is 376 g/mol. The van der Waals surface area contributed by atoms with Crippen molar-refractivity contribution in [2.24, 2.45) is 0 Å². The first-order valence-electron chi connectivity index (χ1n) is 6.25. The van der Waals surface area contributed by atoms with Gasteiger partial charge in [0.15, 0.2) is 0 Å². The van der Waals surface area contributed by atoms with Crippen molar-refractivity contribution in [1.82, 2.24) is 9.71 Å². The van der Waals surface area contributed by atoms with E-state index in [-0.39, 0.29) is 16.0 Å². The molecule has 4 nitrogen and oxygen atoms in total. The summed E-state index contributed by atoms with van der Waals surface area (Å²) in [5, 5.41) is 0.161. The lowest BCUT2D eigenvalue weighted by Crippen LogP contribution is -2.34. The molecule has 0 bridgehead atoms. The van der Waals surface area contributed by atoms with Crippen LogP contribution in [0.3, 0.4) is 0 Å². The van der Waals surface area contributed by atoms with Gasteiger partial charge in [-0.3, -0.25) is 4.98 Å². The Labute approximate surface area is 137 Å². The third kappa shape index (κ3) is 4.51. The fourth-order valence-electron chi connectivity index (χ4n) is 1.90. The molecule has 0 saturated carbocycles. The van der Waals surface area contributed by atoms with Gasteiger partial charge in [0.1, 0.15) is 4.90 Å². The fourth-order valence-corrected chi connectivity index (χ4v) is 3.84. The number of benzene rings is 1. The number of aromatic nitrogens is 1. The van der Waals surface area contributed by atoms with Gasteiger partial charge in [-0.1, -0.05) is 39.7 Å². The summed E-state index contributed by atoms with van der Waals surface area (Å²) >= 11 is 9.27. The van der Waals surface area contributed by atoms with E-state index in [0.717, 1.165) is 10.0 Å². The second kappa shape index (κ2) is 6.87. The summed E-state index contributed by atoms with van der Waals surface area (Å²) in [5.74, 6) is 0. The summed E-state index contributed by atoms with van der Waals surface area (Å²) in [4.78, 5) is 3.80. The highest BCUT2D eigenvalue weighted by Gasteiger charge is 2.20. The summed E-state index contributed by atoms with van der Waals surface area (Å²) in [7, 11) is -3.67. The minimum absolute atomic E-state index is 0.00526. The number of hydrogen-bond donors (Lipinski definition) is 1. The van der Waals surface area contributed by atoms with Crippen molar-refractivity contribution >= 4 is 37.6 Å². The summed E-state index contributed by atoms with van der Waals surface area (Å²) in [6.07, 6.45) is 3.29. The van der Waals surface area contributed by atoms with Gasteiger partial charge in [0.25, 0.3) is 0 Å². The number of pyridine rings is 1. The molecule has 0 aliphatic rings. The van der Waals surface area contributed by atoms with Crippen molar-refractivity contribution in [3.05, 3.63) is 57.8 Å². The Bertz CT molecular complexity index is 720. The zero-order valence-electron chi connectivity index (χ0n) is 11.3. The second-order valence-corrected chi connectivity index (χ2v) is 7.66. The number of hydrogen-bond acceptors (Lipinski definition) is 3. The highest BCUT2D eigenvalue weighted by molar-refractivity contribution is 9.10. The molecule has 0 amide bonds. The number of sulfonamides is 1. The maximum atomic E-state index is 12.3. The van der Waals surface area contributed by atoms with Crippen LogP contribution in [0.1, 0.15) is 12.5 Å². The van der Waals surface area contributed by atoms with Crippen molar-refractivity contribution < 1.29 is 8.42 Å². The largest absolute Gasteiger partial charge is 0.263 e. The third-order valence-corrected chi connectivity index (χ3v) is 5.42. The molecule has 0 aliphatic carbocycles. The topological polar surface area (TPSA) is 59.1 Å².